The van der Waals surface area contributed by atoms with Crippen LogP contribution in [0.2, 0.25) is 0 Å². The number of aryl methyl sites for hydroxylation is 1. The molecule has 2 heterocycles. The molecule has 0 saturated carbocycles. The van der Waals surface area contributed by atoms with Gasteiger partial charge in [-0.3, -0.25) is 4.79 Å². The van der Waals surface area contributed by atoms with Gasteiger partial charge in [0.15, 0.2) is 6.10 Å². The second-order valence-electron chi connectivity index (χ2n) is 6.37. The first-order valence-corrected chi connectivity index (χ1v) is 8.65. The molecule has 1 saturated heterocycles. The summed E-state index contributed by atoms with van der Waals surface area (Å²) in [5, 5.41) is 12.0. The lowest BCUT2D eigenvalue weighted by Gasteiger charge is -2.28. The summed E-state index contributed by atoms with van der Waals surface area (Å²) in [5.74, 6) is -1.28. The number of rotatable bonds is 5. The van der Waals surface area contributed by atoms with Crippen molar-refractivity contribution in [2.45, 2.75) is 45.3 Å². The second-order valence-corrected chi connectivity index (χ2v) is 6.37. The number of carbonyl (C=O) groups is 2. The fourth-order valence-electron chi connectivity index (χ4n) is 3.34. The number of carboxylic acids is 1. The van der Waals surface area contributed by atoms with E-state index in [0.29, 0.717) is 37.1 Å². The Hall–Kier alpha value is -2.83. The Morgan fingerprint density at radius 2 is 2.15 bits per heavy atom. The predicted molar refractivity (Wildman–Crippen MR) is 91.7 cm³/mol. The number of likely N-dealkylation sites (tertiary alicyclic amines) is 1. The van der Waals surface area contributed by atoms with Crippen LogP contribution in [-0.4, -0.2) is 35.5 Å². The Kier molecular flexibility index (Phi) is 4.97. The molecule has 0 radical (unpaired) electrons. The third-order valence-electron chi connectivity index (χ3n) is 4.65. The van der Waals surface area contributed by atoms with Crippen LogP contribution < -0.4 is 15.5 Å². The van der Waals surface area contributed by atoms with Crippen LogP contribution in [-0.2, 0) is 16.0 Å². The molecule has 0 spiro atoms. The standard InChI is InChI=1S/C19H21NO6/c1-3-12-9-17(21)26-16-10-13(6-7-14(12)16)25-11(2)18(22)20-8-4-5-15(20)19(23)24/h6-7,9-11,15H,3-5,8H2,1-2H3,(H,23,24)/p-1/t11-,15+/m1/s1. The Balaban J connectivity index is 1.81. The summed E-state index contributed by atoms with van der Waals surface area (Å²) in [5.41, 5.74) is 0.825. The largest absolute Gasteiger partial charge is 0.548 e. The average Bonchev–Trinajstić information content (AvgIpc) is 3.09. The maximum atomic E-state index is 12.5. The van der Waals surface area contributed by atoms with Gasteiger partial charge in [-0.15, -0.1) is 0 Å². The molecule has 138 valence electrons. The molecule has 0 unspecified atom stereocenters. The lowest BCUT2D eigenvalue weighted by Crippen LogP contribution is -2.50. The summed E-state index contributed by atoms with van der Waals surface area (Å²) in [6, 6.07) is 5.60. The first-order chi connectivity index (χ1) is 12.4. The number of ether oxygens (including phenoxy) is 1. The van der Waals surface area contributed by atoms with E-state index in [4.69, 9.17) is 9.15 Å². The minimum Gasteiger partial charge on any atom is -0.548 e. The van der Waals surface area contributed by atoms with Crippen molar-refractivity contribution in [3.63, 3.8) is 0 Å². The zero-order valence-electron chi connectivity index (χ0n) is 14.7. The first kappa shape index (κ1) is 18.0. The molecule has 1 aromatic carbocycles. The molecule has 1 aromatic heterocycles. The number of carboxylic acid groups (broad SMARTS) is 1. The molecule has 0 bridgehead atoms. The first-order valence-electron chi connectivity index (χ1n) is 8.65. The predicted octanol–water partition coefficient (Wildman–Crippen LogP) is 0.864. The van der Waals surface area contributed by atoms with Crippen molar-refractivity contribution in [3.05, 3.63) is 40.2 Å². The quantitative estimate of drug-likeness (QED) is 0.735. The number of aliphatic carboxylic acids is 1. The van der Waals surface area contributed by atoms with E-state index >= 15 is 0 Å². The summed E-state index contributed by atoms with van der Waals surface area (Å²) in [6.45, 7) is 3.89. The third kappa shape index (κ3) is 3.42. The molecule has 0 N–H and O–H groups in total. The lowest BCUT2D eigenvalue weighted by molar-refractivity contribution is -0.310. The van der Waals surface area contributed by atoms with E-state index in [1.165, 1.54) is 11.0 Å². The van der Waals surface area contributed by atoms with Crippen molar-refractivity contribution in [3.8, 4) is 5.75 Å². The van der Waals surface area contributed by atoms with Gasteiger partial charge >= 0.3 is 5.63 Å². The van der Waals surface area contributed by atoms with Crippen LogP contribution in [0.5, 0.6) is 5.75 Å². The molecule has 1 fully saturated rings. The number of nitrogens with zero attached hydrogens (tertiary/aromatic N) is 1. The Bertz CT molecular complexity index is 903. The molecule has 26 heavy (non-hydrogen) atoms. The van der Waals surface area contributed by atoms with E-state index in [2.05, 4.69) is 0 Å². The number of amides is 1. The van der Waals surface area contributed by atoms with Crippen LogP contribution >= 0.6 is 0 Å². The van der Waals surface area contributed by atoms with Crippen LogP contribution in [0, 0.1) is 0 Å². The van der Waals surface area contributed by atoms with E-state index in [0.717, 1.165) is 10.9 Å². The number of carbonyl (C=O) groups excluding carboxylic acids is 2. The number of hydrogen-bond donors (Lipinski definition) is 0. The number of hydrogen-bond acceptors (Lipinski definition) is 6. The highest BCUT2D eigenvalue weighted by Gasteiger charge is 2.33. The summed E-state index contributed by atoms with van der Waals surface area (Å²) >= 11 is 0. The molecule has 1 amide bonds. The minimum atomic E-state index is -1.25. The molecule has 7 heteroatoms. The van der Waals surface area contributed by atoms with Crippen molar-refractivity contribution < 1.29 is 23.8 Å². The fourth-order valence-corrected chi connectivity index (χ4v) is 3.34. The maximum absolute atomic E-state index is 12.5. The van der Waals surface area contributed by atoms with Gasteiger partial charge in [0.25, 0.3) is 5.91 Å². The van der Waals surface area contributed by atoms with E-state index < -0.39 is 29.6 Å². The van der Waals surface area contributed by atoms with Crippen molar-refractivity contribution in [2.24, 2.45) is 0 Å². The van der Waals surface area contributed by atoms with Crippen LogP contribution in [0.4, 0.5) is 0 Å². The number of fused-ring (bicyclic) bond motifs is 1. The zero-order valence-corrected chi connectivity index (χ0v) is 14.7. The highest BCUT2D eigenvalue weighted by Crippen LogP contribution is 2.25. The number of benzene rings is 1. The van der Waals surface area contributed by atoms with Gasteiger partial charge in [-0.25, -0.2) is 4.79 Å². The zero-order chi connectivity index (χ0) is 18.8. The Morgan fingerprint density at radius 3 is 2.85 bits per heavy atom. The highest BCUT2D eigenvalue weighted by molar-refractivity contribution is 5.86. The topological polar surface area (TPSA) is 99.9 Å². The van der Waals surface area contributed by atoms with Gasteiger partial charge in [-0.1, -0.05) is 6.92 Å². The van der Waals surface area contributed by atoms with Crippen LogP contribution in [0.15, 0.2) is 33.5 Å². The van der Waals surface area contributed by atoms with Crippen LogP contribution in [0.3, 0.4) is 0 Å². The van der Waals surface area contributed by atoms with E-state index in [-0.39, 0.29) is 0 Å². The second kappa shape index (κ2) is 7.19. The lowest BCUT2D eigenvalue weighted by atomic mass is 10.1. The van der Waals surface area contributed by atoms with Gasteiger partial charge in [0.2, 0.25) is 0 Å². The van der Waals surface area contributed by atoms with E-state index in [1.807, 2.05) is 6.92 Å². The molecule has 1 aliphatic heterocycles. The molecular weight excluding hydrogens is 338 g/mol. The van der Waals surface area contributed by atoms with Gasteiger partial charge in [0, 0.05) is 24.1 Å². The smallest absolute Gasteiger partial charge is 0.336 e. The summed E-state index contributed by atoms with van der Waals surface area (Å²) in [4.78, 5) is 36.6. The molecule has 2 aromatic rings. The van der Waals surface area contributed by atoms with Gasteiger partial charge < -0.3 is 24.0 Å². The maximum Gasteiger partial charge on any atom is 0.336 e. The minimum absolute atomic E-state index is 0.373. The van der Waals surface area contributed by atoms with Crippen LogP contribution in [0.25, 0.3) is 11.0 Å². The van der Waals surface area contributed by atoms with Gasteiger partial charge in [0.05, 0.1) is 12.0 Å². The van der Waals surface area contributed by atoms with Crippen LogP contribution in [0.1, 0.15) is 32.3 Å². The summed E-state index contributed by atoms with van der Waals surface area (Å²) in [7, 11) is 0. The molecule has 1 aliphatic rings. The summed E-state index contributed by atoms with van der Waals surface area (Å²) < 4.78 is 10.9. The highest BCUT2D eigenvalue weighted by atomic mass is 16.5. The molecule has 0 aliphatic carbocycles. The summed E-state index contributed by atoms with van der Waals surface area (Å²) in [6.07, 6.45) is 0.838. The van der Waals surface area contributed by atoms with E-state index in [9.17, 15) is 19.5 Å². The fraction of sp³-hybridized carbons (Fsp3) is 0.421. The van der Waals surface area contributed by atoms with Crippen molar-refractivity contribution in [1.29, 1.82) is 0 Å². The average molecular weight is 358 g/mol. The van der Waals surface area contributed by atoms with Gasteiger partial charge in [0.1, 0.15) is 11.3 Å². The van der Waals surface area contributed by atoms with Crippen molar-refractivity contribution in [1.82, 2.24) is 4.90 Å². The Morgan fingerprint density at radius 1 is 1.38 bits per heavy atom. The molecule has 3 rings (SSSR count). The van der Waals surface area contributed by atoms with Crippen molar-refractivity contribution >= 4 is 22.8 Å². The molecular formula is C19H20NO6-. The Labute approximate surface area is 150 Å². The van der Waals surface area contributed by atoms with Gasteiger partial charge in [-0.05, 0) is 43.9 Å². The third-order valence-corrected chi connectivity index (χ3v) is 4.65. The van der Waals surface area contributed by atoms with E-state index in [1.54, 1.807) is 25.1 Å². The van der Waals surface area contributed by atoms with Gasteiger partial charge in [-0.2, -0.15) is 0 Å². The monoisotopic (exact) mass is 358 g/mol. The molecule has 7 nitrogen and oxygen atoms in total. The van der Waals surface area contributed by atoms with Crippen molar-refractivity contribution in [2.75, 3.05) is 6.54 Å². The molecule has 2 atom stereocenters. The SMILES string of the molecule is CCc1cc(=O)oc2cc(O[C@H](C)C(=O)N3CCC[C@H]3C(=O)[O-])ccc12. The normalized spacial score (nSPS) is 18.1.